The standard InChI is InChI=1S/C30H32F2N6O3/c31-17-10-30(6-1-7-38(30)12-17)15-41-29-35-27-22(28(36-29)37-13-18-3-4-19(14-37)34-18)11-33-26(25(27)32)21-9-20(39)8-16-2-5-23(40)24(16)21/h8-9,11,17-19,34,39H,1-7,10,12-15H2/t17-,18-,19+,30+/m1/s1. The summed E-state index contributed by atoms with van der Waals surface area (Å²) < 4.78 is 37.1. The molecular formula is C30H32F2N6O3. The van der Waals surface area contributed by atoms with Crippen molar-refractivity contribution in [2.24, 2.45) is 0 Å². The molecule has 3 aromatic rings. The van der Waals surface area contributed by atoms with Crippen LogP contribution in [-0.2, 0) is 6.42 Å². The Morgan fingerprint density at radius 1 is 1.15 bits per heavy atom. The first kappa shape index (κ1) is 25.3. The molecule has 4 saturated heterocycles. The quantitative estimate of drug-likeness (QED) is 0.483. The number of fused-ring (bicyclic) bond motifs is 5. The number of pyridine rings is 1. The fraction of sp³-hybridized carbons (Fsp3) is 0.533. The lowest BCUT2D eigenvalue weighted by atomic mass is 9.95. The summed E-state index contributed by atoms with van der Waals surface area (Å²) in [5.41, 5.74) is 0.992. The Balaban J connectivity index is 1.24. The number of aromatic nitrogens is 3. The number of piperazine rings is 1. The fourth-order valence-corrected chi connectivity index (χ4v) is 7.90. The summed E-state index contributed by atoms with van der Waals surface area (Å²) in [4.78, 5) is 30.9. The number of nitrogens with one attached hydrogen (secondary N) is 1. The molecule has 11 heteroatoms. The minimum atomic E-state index is -0.888. The van der Waals surface area contributed by atoms with Crippen molar-refractivity contribution < 1.29 is 23.4 Å². The number of ether oxygens (including phenoxy) is 1. The molecule has 5 aliphatic rings. The van der Waals surface area contributed by atoms with E-state index in [-0.39, 0.29) is 40.9 Å². The van der Waals surface area contributed by atoms with E-state index in [9.17, 15) is 14.3 Å². The van der Waals surface area contributed by atoms with Crippen molar-refractivity contribution in [2.45, 2.75) is 68.7 Å². The van der Waals surface area contributed by atoms with Crippen LogP contribution in [0, 0.1) is 5.82 Å². The molecule has 8 rings (SSSR count). The molecule has 6 heterocycles. The third kappa shape index (κ3) is 4.07. The molecule has 4 aliphatic heterocycles. The monoisotopic (exact) mass is 562 g/mol. The normalized spacial score (nSPS) is 29.0. The molecule has 1 aromatic carbocycles. The lowest BCUT2D eigenvalue weighted by molar-refractivity contribution is 0.0995. The molecule has 4 atom stereocenters. The molecule has 2 bridgehead atoms. The summed E-state index contributed by atoms with van der Waals surface area (Å²) in [6.45, 7) is 2.93. The Labute approximate surface area is 235 Å². The molecule has 0 spiro atoms. The van der Waals surface area contributed by atoms with E-state index in [4.69, 9.17) is 9.72 Å². The number of benzene rings is 1. The number of halogens is 2. The van der Waals surface area contributed by atoms with Gasteiger partial charge >= 0.3 is 6.01 Å². The van der Waals surface area contributed by atoms with Crippen LogP contribution in [0.3, 0.4) is 0 Å². The summed E-state index contributed by atoms with van der Waals surface area (Å²) in [7, 11) is 0. The molecule has 0 unspecified atom stereocenters. The van der Waals surface area contributed by atoms with Gasteiger partial charge in [0.05, 0.1) is 10.9 Å². The van der Waals surface area contributed by atoms with E-state index in [2.05, 4.69) is 25.1 Å². The number of phenols is 1. The molecule has 41 heavy (non-hydrogen) atoms. The van der Waals surface area contributed by atoms with Gasteiger partial charge in [0.2, 0.25) is 0 Å². The zero-order valence-corrected chi connectivity index (χ0v) is 22.7. The number of aryl methyl sites for hydroxylation is 1. The van der Waals surface area contributed by atoms with Gasteiger partial charge in [0.1, 0.15) is 35.6 Å². The van der Waals surface area contributed by atoms with Crippen molar-refractivity contribution in [3.05, 3.63) is 35.3 Å². The van der Waals surface area contributed by atoms with E-state index in [1.807, 2.05) is 0 Å². The van der Waals surface area contributed by atoms with Crippen LogP contribution >= 0.6 is 0 Å². The first-order chi connectivity index (χ1) is 19.9. The van der Waals surface area contributed by atoms with Crippen molar-refractivity contribution in [2.75, 3.05) is 37.7 Å². The average molecular weight is 563 g/mol. The first-order valence-corrected chi connectivity index (χ1v) is 14.7. The number of hydrogen-bond acceptors (Lipinski definition) is 9. The number of Topliss-reactive ketones (excluding diaryl/α,β-unsaturated/α-hetero) is 1. The van der Waals surface area contributed by atoms with Crippen LogP contribution in [0.25, 0.3) is 22.2 Å². The number of carbonyl (C=O) groups excluding carboxylic acids is 1. The summed E-state index contributed by atoms with van der Waals surface area (Å²) in [5.74, 6) is -0.259. The SMILES string of the molecule is O=C1CCc2cc(O)cc(-c3ncc4c(N5C[C@H]6CC[C@@H](C5)N6)nc(OC[C@@]56CCCN5C[C@H](F)C6)nc4c3F)c21. The number of nitrogens with zero attached hydrogens (tertiary/aromatic N) is 5. The maximum atomic E-state index is 16.5. The number of phenolic OH excluding ortho intramolecular Hbond substituents is 1. The second-order valence-corrected chi connectivity index (χ2v) is 12.4. The number of carbonyl (C=O) groups is 1. The fourth-order valence-electron chi connectivity index (χ4n) is 7.90. The second-order valence-electron chi connectivity index (χ2n) is 12.4. The predicted molar refractivity (Wildman–Crippen MR) is 148 cm³/mol. The largest absolute Gasteiger partial charge is 0.508 e. The van der Waals surface area contributed by atoms with Crippen molar-refractivity contribution in [1.29, 1.82) is 0 Å². The molecule has 4 fully saturated rings. The van der Waals surface area contributed by atoms with Gasteiger partial charge in [-0.1, -0.05) is 0 Å². The number of hydrogen-bond donors (Lipinski definition) is 2. The van der Waals surface area contributed by atoms with E-state index in [1.165, 1.54) is 6.07 Å². The Hall–Kier alpha value is -3.44. The van der Waals surface area contributed by atoms with Gasteiger partial charge in [-0.05, 0) is 56.3 Å². The lowest BCUT2D eigenvalue weighted by Crippen LogP contribution is -2.51. The maximum absolute atomic E-state index is 16.5. The molecule has 9 nitrogen and oxygen atoms in total. The highest BCUT2D eigenvalue weighted by atomic mass is 19.1. The minimum absolute atomic E-state index is 0.0347. The number of aromatic hydroxyl groups is 1. The van der Waals surface area contributed by atoms with E-state index >= 15 is 4.39 Å². The van der Waals surface area contributed by atoms with E-state index < -0.39 is 17.5 Å². The highest BCUT2D eigenvalue weighted by molar-refractivity contribution is 6.07. The second kappa shape index (κ2) is 9.29. The van der Waals surface area contributed by atoms with Crippen LogP contribution in [-0.4, -0.2) is 87.3 Å². The van der Waals surface area contributed by atoms with Gasteiger partial charge in [-0.15, -0.1) is 0 Å². The molecule has 0 saturated carbocycles. The topological polar surface area (TPSA) is 104 Å². The van der Waals surface area contributed by atoms with Crippen LogP contribution < -0.4 is 15.0 Å². The van der Waals surface area contributed by atoms with Crippen molar-refractivity contribution >= 4 is 22.5 Å². The molecule has 0 radical (unpaired) electrons. The van der Waals surface area contributed by atoms with Gasteiger partial charge in [-0.25, -0.2) is 8.78 Å². The van der Waals surface area contributed by atoms with Gasteiger partial charge in [0.25, 0.3) is 0 Å². The molecule has 1 aliphatic carbocycles. The number of anilines is 1. The molecule has 214 valence electrons. The minimum Gasteiger partial charge on any atom is -0.508 e. The molecule has 2 N–H and O–H groups in total. The van der Waals surface area contributed by atoms with Crippen LogP contribution in [0.15, 0.2) is 18.3 Å². The van der Waals surface area contributed by atoms with Crippen LogP contribution in [0.5, 0.6) is 11.8 Å². The third-order valence-electron chi connectivity index (χ3n) is 9.75. The number of rotatable bonds is 5. The summed E-state index contributed by atoms with van der Waals surface area (Å²) in [5, 5.41) is 14.4. The summed E-state index contributed by atoms with van der Waals surface area (Å²) >= 11 is 0. The zero-order valence-electron chi connectivity index (χ0n) is 22.7. The highest BCUT2D eigenvalue weighted by Crippen LogP contribution is 2.42. The number of ketones is 1. The number of alkyl halides is 1. The van der Waals surface area contributed by atoms with Crippen molar-refractivity contribution in [1.82, 2.24) is 25.2 Å². The first-order valence-electron chi connectivity index (χ1n) is 14.7. The van der Waals surface area contributed by atoms with Gasteiger partial charge in [-0.2, -0.15) is 9.97 Å². The van der Waals surface area contributed by atoms with Crippen LogP contribution in [0.4, 0.5) is 14.6 Å². The lowest BCUT2D eigenvalue weighted by Gasteiger charge is -2.34. The van der Waals surface area contributed by atoms with Gasteiger partial charge in [0, 0.05) is 61.9 Å². The zero-order chi connectivity index (χ0) is 27.9. The van der Waals surface area contributed by atoms with E-state index in [0.29, 0.717) is 60.2 Å². The van der Waals surface area contributed by atoms with E-state index in [1.54, 1.807) is 12.3 Å². The van der Waals surface area contributed by atoms with Crippen LogP contribution in [0.1, 0.15) is 54.4 Å². The molecular weight excluding hydrogens is 530 g/mol. The summed E-state index contributed by atoms with van der Waals surface area (Å²) in [6, 6.07) is 3.66. The highest BCUT2D eigenvalue weighted by Gasteiger charge is 2.49. The van der Waals surface area contributed by atoms with Crippen LogP contribution in [0.2, 0.25) is 0 Å². The Morgan fingerprint density at radius 3 is 2.80 bits per heavy atom. The van der Waals surface area contributed by atoms with Gasteiger partial charge < -0.3 is 20.1 Å². The maximum Gasteiger partial charge on any atom is 0.319 e. The smallest absolute Gasteiger partial charge is 0.319 e. The Bertz CT molecular complexity index is 1570. The third-order valence-corrected chi connectivity index (χ3v) is 9.75. The van der Waals surface area contributed by atoms with Gasteiger partial charge in [0.15, 0.2) is 11.6 Å². The Morgan fingerprint density at radius 2 is 1.98 bits per heavy atom. The predicted octanol–water partition coefficient (Wildman–Crippen LogP) is 3.56. The Kier molecular flexibility index (Phi) is 5.73. The van der Waals surface area contributed by atoms with Crippen molar-refractivity contribution in [3.63, 3.8) is 0 Å². The average Bonchev–Trinajstić information content (AvgIpc) is 3.69. The summed E-state index contributed by atoms with van der Waals surface area (Å²) in [6.07, 6.45) is 5.87. The van der Waals surface area contributed by atoms with E-state index in [0.717, 1.165) is 45.3 Å². The van der Waals surface area contributed by atoms with Crippen molar-refractivity contribution in [3.8, 4) is 23.0 Å². The molecule has 2 aromatic heterocycles. The molecule has 0 amide bonds. The van der Waals surface area contributed by atoms with Gasteiger partial charge in [-0.3, -0.25) is 14.7 Å².